The lowest BCUT2D eigenvalue weighted by Crippen LogP contribution is -2.46. The lowest BCUT2D eigenvalue weighted by Gasteiger charge is -2.57. The van der Waals surface area contributed by atoms with Crippen molar-refractivity contribution in [2.45, 2.75) is 57.8 Å². The van der Waals surface area contributed by atoms with Crippen LogP contribution in [0.25, 0.3) is 0 Å². The molecule has 0 N–H and O–H groups in total. The van der Waals surface area contributed by atoms with Crippen LogP contribution in [0, 0.1) is 23.2 Å². The highest BCUT2D eigenvalue weighted by Gasteiger charge is 2.51. The smallest absolute Gasteiger partial charge is 0.137 e. The van der Waals surface area contributed by atoms with Gasteiger partial charge in [-0.05, 0) is 92.7 Å². The molecule has 0 spiro atoms. The van der Waals surface area contributed by atoms with Crippen molar-refractivity contribution in [2.24, 2.45) is 23.2 Å². The van der Waals surface area contributed by atoms with Crippen molar-refractivity contribution in [3.8, 4) is 0 Å². The topological polar surface area (TPSA) is 30.0 Å². The van der Waals surface area contributed by atoms with Crippen molar-refractivity contribution >= 4 is 5.78 Å². The van der Waals surface area contributed by atoms with E-state index in [0.29, 0.717) is 11.2 Å². The van der Waals surface area contributed by atoms with Crippen LogP contribution in [0.4, 0.5) is 0 Å². The number of ketones is 1. The fraction of sp³-hybridized carbons (Fsp3) is 0.684. The Balaban J connectivity index is 1.60. The molecule has 1 atom stereocenters. The Hall–Kier alpha value is -1.18. The number of nitrogens with zero attached hydrogens (tertiary/aromatic N) is 1. The molecule has 0 aromatic carbocycles. The zero-order valence-corrected chi connectivity index (χ0v) is 12.9. The van der Waals surface area contributed by atoms with Gasteiger partial charge >= 0.3 is 0 Å². The predicted octanol–water partition coefficient (Wildman–Crippen LogP) is 4.36. The van der Waals surface area contributed by atoms with E-state index in [4.69, 9.17) is 0 Å². The average Bonchev–Trinajstić information content (AvgIpc) is 2.44. The number of Topliss-reactive ketones (excluding diaryl/α,β-unsaturated/α-hetero) is 1. The summed E-state index contributed by atoms with van der Waals surface area (Å²) in [5, 5.41) is 0. The molecule has 0 saturated heterocycles. The standard InChI is InChI=1S/C19H25NO/c1-13(21)18(17-2-4-20-5-3-17)12-19-9-14-6-15(10-19)8-16(7-14)11-19/h2-5,14-16,18H,6-12H2,1H3/t14?,15?,16?,18-,19?/m1/s1. The van der Waals surface area contributed by atoms with E-state index < -0.39 is 0 Å². The normalized spacial score (nSPS) is 38.4. The maximum atomic E-state index is 12.2. The summed E-state index contributed by atoms with van der Waals surface area (Å²) >= 11 is 0. The molecule has 0 amide bonds. The average molecular weight is 283 g/mol. The number of aromatic nitrogens is 1. The van der Waals surface area contributed by atoms with Gasteiger partial charge in [-0.15, -0.1) is 0 Å². The molecule has 21 heavy (non-hydrogen) atoms. The molecule has 4 saturated carbocycles. The highest BCUT2D eigenvalue weighted by Crippen LogP contribution is 2.62. The largest absolute Gasteiger partial charge is 0.299 e. The van der Waals surface area contributed by atoms with Crippen molar-refractivity contribution in [1.82, 2.24) is 4.98 Å². The van der Waals surface area contributed by atoms with Crippen LogP contribution in [0.15, 0.2) is 24.5 Å². The van der Waals surface area contributed by atoms with E-state index in [1.807, 2.05) is 24.5 Å². The van der Waals surface area contributed by atoms with Crippen LogP contribution < -0.4 is 0 Å². The summed E-state index contributed by atoms with van der Waals surface area (Å²) in [5.74, 6) is 3.30. The minimum absolute atomic E-state index is 0.0873. The van der Waals surface area contributed by atoms with E-state index >= 15 is 0 Å². The highest BCUT2D eigenvalue weighted by molar-refractivity contribution is 5.83. The fourth-order valence-electron chi connectivity index (χ4n) is 6.07. The lowest BCUT2D eigenvalue weighted by molar-refractivity contribution is -0.121. The van der Waals surface area contributed by atoms with Crippen LogP contribution in [0.2, 0.25) is 0 Å². The van der Waals surface area contributed by atoms with Gasteiger partial charge < -0.3 is 0 Å². The van der Waals surface area contributed by atoms with E-state index in [-0.39, 0.29) is 5.92 Å². The third-order valence-electron chi connectivity index (χ3n) is 6.40. The van der Waals surface area contributed by atoms with E-state index in [1.165, 1.54) is 44.1 Å². The van der Waals surface area contributed by atoms with Gasteiger partial charge in [0.2, 0.25) is 0 Å². The van der Waals surface area contributed by atoms with Gasteiger partial charge in [0.05, 0.1) is 0 Å². The number of pyridine rings is 1. The van der Waals surface area contributed by atoms with Crippen molar-refractivity contribution in [3.63, 3.8) is 0 Å². The van der Waals surface area contributed by atoms with Crippen LogP contribution in [0.5, 0.6) is 0 Å². The van der Waals surface area contributed by atoms with Gasteiger partial charge in [0.25, 0.3) is 0 Å². The SMILES string of the molecule is CC(=O)[C@@H](CC12CC3CC(CC(C3)C1)C2)c1ccncc1. The third-order valence-corrected chi connectivity index (χ3v) is 6.40. The molecule has 1 aromatic heterocycles. The quantitative estimate of drug-likeness (QED) is 0.821. The molecule has 2 nitrogen and oxygen atoms in total. The van der Waals surface area contributed by atoms with E-state index in [1.54, 1.807) is 6.92 Å². The Labute approximate surface area is 127 Å². The maximum Gasteiger partial charge on any atom is 0.137 e. The van der Waals surface area contributed by atoms with Crippen LogP contribution in [0.3, 0.4) is 0 Å². The second-order valence-electron chi connectivity index (χ2n) is 8.07. The number of carbonyl (C=O) groups excluding carboxylic acids is 1. The summed E-state index contributed by atoms with van der Waals surface area (Å²) in [4.78, 5) is 16.4. The van der Waals surface area contributed by atoms with Gasteiger partial charge in [-0.25, -0.2) is 0 Å². The number of rotatable bonds is 4. The minimum atomic E-state index is 0.0873. The summed E-state index contributed by atoms with van der Waals surface area (Å²) in [6.45, 7) is 1.77. The first-order valence-corrected chi connectivity index (χ1v) is 8.54. The summed E-state index contributed by atoms with van der Waals surface area (Å²) in [6, 6.07) is 4.07. The molecule has 1 heterocycles. The molecule has 0 unspecified atom stereocenters. The third kappa shape index (κ3) is 2.43. The molecule has 4 aliphatic carbocycles. The van der Waals surface area contributed by atoms with Gasteiger partial charge in [-0.2, -0.15) is 0 Å². The first kappa shape index (κ1) is 13.5. The summed E-state index contributed by atoms with van der Waals surface area (Å²) in [7, 11) is 0. The van der Waals surface area contributed by atoms with E-state index in [0.717, 1.165) is 24.2 Å². The highest BCUT2D eigenvalue weighted by atomic mass is 16.1. The predicted molar refractivity (Wildman–Crippen MR) is 82.9 cm³/mol. The van der Waals surface area contributed by atoms with Gasteiger partial charge in [0.1, 0.15) is 5.78 Å². The molecular formula is C19H25NO. The zero-order valence-electron chi connectivity index (χ0n) is 12.9. The molecule has 4 bridgehead atoms. The second-order valence-corrected chi connectivity index (χ2v) is 8.07. The van der Waals surface area contributed by atoms with Crippen molar-refractivity contribution in [1.29, 1.82) is 0 Å². The Morgan fingerprint density at radius 3 is 2.14 bits per heavy atom. The number of carbonyl (C=O) groups is 1. The van der Waals surface area contributed by atoms with Gasteiger partial charge in [0.15, 0.2) is 0 Å². The first-order valence-electron chi connectivity index (χ1n) is 8.54. The monoisotopic (exact) mass is 283 g/mol. The molecule has 2 heteroatoms. The molecule has 5 rings (SSSR count). The molecule has 4 fully saturated rings. The van der Waals surface area contributed by atoms with Crippen LogP contribution >= 0.6 is 0 Å². The zero-order chi connectivity index (χ0) is 14.4. The summed E-state index contributed by atoms with van der Waals surface area (Å²) < 4.78 is 0. The maximum absolute atomic E-state index is 12.2. The van der Waals surface area contributed by atoms with Gasteiger partial charge in [-0.3, -0.25) is 9.78 Å². The molecule has 112 valence electrons. The molecule has 4 aliphatic rings. The molecule has 1 aromatic rings. The summed E-state index contributed by atoms with van der Waals surface area (Å²) in [5.41, 5.74) is 1.64. The van der Waals surface area contributed by atoms with Crippen LogP contribution in [-0.2, 0) is 4.79 Å². The van der Waals surface area contributed by atoms with Crippen molar-refractivity contribution in [2.75, 3.05) is 0 Å². The second kappa shape index (κ2) is 4.93. The Kier molecular flexibility index (Phi) is 3.16. The number of hydrogen-bond acceptors (Lipinski definition) is 2. The lowest BCUT2D eigenvalue weighted by atomic mass is 9.48. The van der Waals surface area contributed by atoms with Crippen molar-refractivity contribution in [3.05, 3.63) is 30.1 Å². The Morgan fingerprint density at radius 2 is 1.67 bits per heavy atom. The number of hydrogen-bond donors (Lipinski definition) is 0. The Bertz CT molecular complexity index is 500. The summed E-state index contributed by atoms with van der Waals surface area (Å²) in [6.07, 6.45) is 13.3. The first-order chi connectivity index (χ1) is 10.1. The molecule has 0 aliphatic heterocycles. The van der Waals surface area contributed by atoms with Gasteiger partial charge in [-0.1, -0.05) is 0 Å². The van der Waals surface area contributed by atoms with Crippen molar-refractivity contribution < 1.29 is 4.79 Å². The van der Waals surface area contributed by atoms with E-state index in [2.05, 4.69) is 4.98 Å². The molecule has 0 radical (unpaired) electrons. The Morgan fingerprint density at radius 1 is 1.14 bits per heavy atom. The van der Waals surface area contributed by atoms with E-state index in [9.17, 15) is 4.79 Å². The van der Waals surface area contributed by atoms with Gasteiger partial charge in [0, 0.05) is 18.3 Å². The van der Waals surface area contributed by atoms with Crippen LogP contribution in [0.1, 0.15) is 63.4 Å². The van der Waals surface area contributed by atoms with Crippen LogP contribution in [-0.4, -0.2) is 10.8 Å². The minimum Gasteiger partial charge on any atom is -0.299 e. The fourth-order valence-corrected chi connectivity index (χ4v) is 6.07. The molecular weight excluding hydrogens is 258 g/mol.